The number of pyridine rings is 2. The van der Waals surface area contributed by atoms with Crippen molar-refractivity contribution in [2.45, 2.75) is 28.6 Å². The van der Waals surface area contributed by atoms with Crippen LogP contribution >= 0.6 is 34.6 Å². The van der Waals surface area contributed by atoms with Crippen LogP contribution in [0.15, 0.2) is 70.7 Å². The van der Waals surface area contributed by atoms with E-state index in [1.807, 2.05) is 24.3 Å². The van der Waals surface area contributed by atoms with E-state index in [0.29, 0.717) is 47.7 Å². The minimum absolute atomic E-state index is 0.123. The predicted octanol–water partition coefficient (Wildman–Crippen LogP) is 6.51. The Bertz CT molecular complexity index is 1750. The molecule has 14 heteroatoms. The summed E-state index contributed by atoms with van der Waals surface area (Å²) >= 11 is 4.29. The maximum atomic E-state index is 13.3. The molecule has 40 heavy (non-hydrogen) atoms. The fourth-order valence-corrected chi connectivity index (χ4v) is 7.90. The summed E-state index contributed by atoms with van der Waals surface area (Å²) in [5.41, 5.74) is 0.807. The maximum Gasteiger partial charge on any atom is 0.211 e. The van der Waals surface area contributed by atoms with Crippen LogP contribution < -0.4 is 10.1 Å². The summed E-state index contributed by atoms with van der Waals surface area (Å²) < 4.78 is 49.8. The van der Waals surface area contributed by atoms with Crippen LogP contribution in [0.3, 0.4) is 0 Å². The first kappa shape index (κ1) is 27.0. The standard InChI is InChI=1S/C26H23FN6O3S4/c1-40(34,35)33-13-9-16(10-14-33)24-30-26(39-32-24)31-25-21(3-2-11-29-25)37-20-8-12-28-19-15-22(38-23(19)20)36-18-6-4-17(27)5-7-18/h2-8,11-12,15-16H,9-10,13-14H2,1H3,(H,29,30,31,32). The molecular formula is C26H23FN6O3S4. The van der Waals surface area contributed by atoms with E-state index in [4.69, 9.17) is 9.72 Å². The summed E-state index contributed by atoms with van der Waals surface area (Å²) in [7, 11) is -3.18. The van der Waals surface area contributed by atoms with Crippen molar-refractivity contribution in [2.75, 3.05) is 24.7 Å². The van der Waals surface area contributed by atoms with E-state index in [1.165, 1.54) is 45.6 Å². The number of fused-ring (bicyclic) bond motifs is 1. The third kappa shape index (κ3) is 6.10. The number of ether oxygens (including phenoxy) is 1. The average Bonchev–Trinajstić information content (AvgIpc) is 3.58. The first-order chi connectivity index (χ1) is 19.3. The third-order valence-corrected chi connectivity index (χ3v) is 10.6. The van der Waals surface area contributed by atoms with Crippen molar-refractivity contribution in [3.05, 3.63) is 72.6 Å². The SMILES string of the molecule is CS(=O)(=O)N1CCC(c2nsc(Nc3ncccc3Sc3ccnc4cc(Oc5ccc(F)cc5)sc34)n2)CC1. The van der Waals surface area contributed by atoms with Crippen molar-refractivity contribution >= 4 is 65.8 Å². The van der Waals surface area contributed by atoms with E-state index in [-0.39, 0.29) is 11.7 Å². The van der Waals surface area contributed by atoms with Crippen molar-refractivity contribution in [1.29, 1.82) is 0 Å². The molecule has 0 saturated carbocycles. The predicted molar refractivity (Wildman–Crippen MR) is 156 cm³/mol. The van der Waals surface area contributed by atoms with Gasteiger partial charge in [0.05, 0.1) is 21.4 Å². The van der Waals surface area contributed by atoms with Gasteiger partial charge in [-0.1, -0.05) is 23.1 Å². The lowest BCUT2D eigenvalue weighted by Gasteiger charge is -2.28. The molecule has 1 N–H and O–H groups in total. The van der Waals surface area contributed by atoms with Gasteiger partial charge in [0.25, 0.3) is 0 Å². The fraction of sp³-hybridized carbons (Fsp3) is 0.231. The molecule has 6 rings (SSSR count). The smallest absolute Gasteiger partial charge is 0.211 e. The number of rotatable bonds is 8. The second-order valence-corrected chi connectivity index (χ2v) is 13.9. The molecule has 1 aliphatic rings. The number of anilines is 2. The number of benzene rings is 1. The molecule has 0 unspecified atom stereocenters. The average molecular weight is 615 g/mol. The van der Waals surface area contributed by atoms with Crippen LogP contribution in [0.1, 0.15) is 24.6 Å². The molecule has 206 valence electrons. The summed E-state index contributed by atoms with van der Waals surface area (Å²) in [5, 5.41) is 4.61. The summed E-state index contributed by atoms with van der Waals surface area (Å²) in [6.07, 6.45) is 6.11. The molecule has 1 aromatic carbocycles. The van der Waals surface area contributed by atoms with E-state index in [1.54, 1.807) is 36.3 Å². The van der Waals surface area contributed by atoms with Crippen molar-refractivity contribution in [2.24, 2.45) is 0 Å². The quantitative estimate of drug-likeness (QED) is 0.209. The highest BCUT2D eigenvalue weighted by atomic mass is 32.2. The molecular weight excluding hydrogens is 592 g/mol. The monoisotopic (exact) mass is 614 g/mol. The molecule has 0 amide bonds. The van der Waals surface area contributed by atoms with Crippen LogP contribution in [-0.2, 0) is 10.0 Å². The lowest BCUT2D eigenvalue weighted by molar-refractivity contribution is 0.316. The van der Waals surface area contributed by atoms with E-state index in [0.717, 1.165) is 25.8 Å². The van der Waals surface area contributed by atoms with Gasteiger partial charge in [0.15, 0.2) is 5.06 Å². The van der Waals surface area contributed by atoms with Crippen molar-refractivity contribution in [1.82, 2.24) is 23.6 Å². The van der Waals surface area contributed by atoms with Gasteiger partial charge in [0.1, 0.15) is 23.2 Å². The molecule has 1 saturated heterocycles. The number of piperidine rings is 1. The van der Waals surface area contributed by atoms with Crippen LogP contribution in [0, 0.1) is 5.82 Å². The van der Waals surface area contributed by atoms with E-state index >= 15 is 0 Å². The van der Waals surface area contributed by atoms with Gasteiger partial charge in [0, 0.05) is 53.9 Å². The summed E-state index contributed by atoms with van der Waals surface area (Å²) in [6.45, 7) is 0.957. The van der Waals surface area contributed by atoms with E-state index < -0.39 is 10.0 Å². The van der Waals surface area contributed by atoms with E-state index in [2.05, 4.69) is 19.7 Å². The van der Waals surface area contributed by atoms with Crippen LogP contribution in [0.4, 0.5) is 15.3 Å². The number of hydrogen-bond acceptors (Lipinski definition) is 11. The second-order valence-electron chi connectivity index (χ2n) is 9.12. The Kier molecular flexibility index (Phi) is 7.68. The normalized spacial score (nSPS) is 14.9. The van der Waals surface area contributed by atoms with Gasteiger partial charge in [-0.15, -0.1) is 0 Å². The maximum absolute atomic E-state index is 13.3. The molecule has 5 heterocycles. The van der Waals surface area contributed by atoms with Crippen LogP contribution in [0.5, 0.6) is 10.8 Å². The zero-order valence-electron chi connectivity index (χ0n) is 21.2. The lowest BCUT2D eigenvalue weighted by atomic mass is 9.98. The van der Waals surface area contributed by atoms with Crippen LogP contribution in [0.25, 0.3) is 10.2 Å². The Morgan fingerprint density at radius 3 is 2.65 bits per heavy atom. The highest BCUT2D eigenvalue weighted by Crippen LogP contribution is 2.43. The molecule has 1 fully saturated rings. The first-order valence-electron chi connectivity index (χ1n) is 12.3. The van der Waals surface area contributed by atoms with Crippen molar-refractivity contribution in [3.8, 4) is 10.8 Å². The Morgan fingerprint density at radius 1 is 1.07 bits per heavy atom. The van der Waals surface area contributed by atoms with Gasteiger partial charge in [-0.3, -0.25) is 4.98 Å². The molecule has 0 radical (unpaired) electrons. The van der Waals surface area contributed by atoms with E-state index in [9.17, 15) is 12.8 Å². The number of sulfonamides is 1. The minimum Gasteiger partial charge on any atom is -0.447 e. The zero-order chi connectivity index (χ0) is 27.7. The number of halogens is 1. The number of nitrogens with one attached hydrogen (secondary N) is 1. The molecule has 0 atom stereocenters. The topological polar surface area (TPSA) is 110 Å². The molecule has 5 aromatic rings. The van der Waals surface area contributed by atoms with Gasteiger partial charge in [-0.05, 0) is 55.3 Å². The Balaban J connectivity index is 1.18. The number of aromatic nitrogens is 4. The molecule has 0 bridgehead atoms. The van der Waals surface area contributed by atoms with Gasteiger partial charge >= 0.3 is 0 Å². The fourth-order valence-electron chi connectivity index (χ4n) is 4.33. The lowest BCUT2D eigenvalue weighted by Crippen LogP contribution is -2.37. The summed E-state index contributed by atoms with van der Waals surface area (Å²) in [4.78, 5) is 15.6. The Hall–Kier alpha value is -3.17. The molecule has 4 aromatic heterocycles. The van der Waals surface area contributed by atoms with Gasteiger partial charge < -0.3 is 10.1 Å². The van der Waals surface area contributed by atoms with Crippen LogP contribution in [0.2, 0.25) is 0 Å². The molecule has 9 nitrogen and oxygen atoms in total. The van der Waals surface area contributed by atoms with Gasteiger partial charge in [-0.25, -0.2) is 27.1 Å². The van der Waals surface area contributed by atoms with Crippen LogP contribution in [-0.4, -0.2) is 51.4 Å². The zero-order valence-corrected chi connectivity index (χ0v) is 24.4. The Morgan fingerprint density at radius 2 is 1.88 bits per heavy atom. The number of nitrogens with zero attached hydrogens (tertiary/aromatic N) is 5. The molecule has 0 aliphatic carbocycles. The Labute approximate surface area is 242 Å². The molecule has 0 spiro atoms. The number of thiophene rings is 1. The van der Waals surface area contributed by atoms with Crippen molar-refractivity contribution in [3.63, 3.8) is 0 Å². The van der Waals surface area contributed by atoms with Crippen molar-refractivity contribution < 1.29 is 17.5 Å². The third-order valence-electron chi connectivity index (χ3n) is 6.33. The largest absolute Gasteiger partial charge is 0.447 e. The highest BCUT2D eigenvalue weighted by Gasteiger charge is 2.28. The van der Waals surface area contributed by atoms with Gasteiger partial charge in [0.2, 0.25) is 15.2 Å². The second kappa shape index (κ2) is 11.4. The molecule has 1 aliphatic heterocycles. The highest BCUT2D eigenvalue weighted by molar-refractivity contribution is 7.99. The van der Waals surface area contributed by atoms with Gasteiger partial charge in [-0.2, -0.15) is 4.37 Å². The number of hydrogen-bond donors (Lipinski definition) is 1. The minimum atomic E-state index is -3.18. The first-order valence-corrected chi connectivity index (χ1v) is 16.6. The summed E-state index contributed by atoms with van der Waals surface area (Å²) in [5.74, 6) is 1.75. The summed E-state index contributed by atoms with van der Waals surface area (Å²) in [6, 6.07) is 13.6.